The van der Waals surface area contributed by atoms with Gasteiger partial charge in [0.1, 0.15) is 5.75 Å². The molecule has 5 rings (SSSR count). The number of fused-ring (bicyclic) bond motifs is 1. The number of para-hydroxylation sites is 1. The SMILES string of the molecule is COc1ccccc1C(=O)N1CCc2c(c(C(=O)N3CCNC(=O)C3)nn2Cc2ccccc2)C1. The summed E-state index contributed by atoms with van der Waals surface area (Å²) in [7, 11) is 1.54. The van der Waals surface area contributed by atoms with E-state index in [1.807, 2.05) is 41.1 Å². The van der Waals surface area contributed by atoms with E-state index >= 15 is 0 Å². The van der Waals surface area contributed by atoms with Gasteiger partial charge in [0.2, 0.25) is 5.91 Å². The highest BCUT2D eigenvalue weighted by Crippen LogP contribution is 2.28. The van der Waals surface area contributed by atoms with Gasteiger partial charge in [-0.1, -0.05) is 42.5 Å². The Morgan fingerprint density at radius 2 is 1.71 bits per heavy atom. The highest BCUT2D eigenvalue weighted by Gasteiger charge is 2.34. The molecule has 2 aliphatic heterocycles. The highest BCUT2D eigenvalue weighted by molar-refractivity contribution is 5.99. The number of hydrogen-bond acceptors (Lipinski definition) is 5. The van der Waals surface area contributed by atoms with Crippen LogP contribution in [0.15, 0.2) is 54.6 Å². The maximum absolute atomic E-state index is 13.5. The third-order valence-electron chi connectivity index (χ3n) is 6.46. The van der Waals surface area contributed by atoms with Crippen LogP contribution in [0, 0.1) is 0 Å². The second-order valence-electron chi connectivity index (χ2n) is 8.67. The van der Waals surface area contributed by atoms with E-state index < -0.39 is 0 Å². The maximum atomic E-state index is 13.5. The Bertz CT molecular complexity index is 1270. The van der Waals surface area contributed by atoms with Crippen molar-refractivity contribution in [2.75, 3.05) is 33.3 Å². The number of nitrogens with one attached hydrogen (secondary N) is 1. The van der Waals surface area contributed by atoms with Gasteiger partial charge in [-0.25, -0.2) is 0 Å². The van der Waals surface area contributed by atoms with Crippen molar-refractivity contribution in [2.24, 2.45) is 0 Å². The summed E-state index contributed by atoms with van der Waals surface area (Å²) in [5, 5.41) is 7.46. The summed E-state index contributed by atoms with van der Waals surface area (Å²) in [6, 6.07) is 17.1. The van der Waals surface area contributed by atoms with Gasteiger partial charge >= 0.3 is 0 Å². The van der Waals surface area contributed by atoms with Crippen LogP contribution in [0.4, 0.5) is 0 Å². The molecule has 9 nitrogen and oxygen atoms in total. The van der Waals surface area contributed by atoms with Gasteiger partial charge in [-0.3, -0.25) is 19.1 Å². The van der Waals surface area contributed by atoms with Gasteiger partial charge < -0.3 is 19.9 Å². The van der Waals surface area contributed by atoms with Crippen LogP contribution in [-0.2, 0) is 24.3 Å². The number of benzene rings is 2. The van der Waals surface area contributed by atoms with Crippen LogP contribution in [0.25, 0.3) is 0 Å². The normalized spacial score (nSPS) is 15.4. The van der Waals surface area contributed by atoms with Gasteiger partial charge in [-0.2, -0.15) is 5.10 Å². The van der Waals surface area contributed by atoms with Crippen molar-refractivity contribution in [2.45, 2.75) is 19.5 Å². The molecule has 9 heteroatoms. The van der Waals surface area contributed by atoms with E-state index in [0.29, 0.717) is 49.6 Å². The summed E-state index contributed by atoms with van der Waals surface area (Å²) in [5.74, 6) is -0.108. The molecule has 1 aromatic heterocycles. The zero-order chi connectivity index (χ0) is 24.4. The Labute approximate surface area is 203 Å². The molecule has 0 radical (unpaired) electrons. The Hall–Kier alpha value is -4.14. The molecule has 2 aliphatic rings. The summed E-state index contributed by atoms with van der Waals surface area (Å²) in [6.07, 6.45) is 0.573. The number of carbonyl (C=O) groups excluding carboxylic acids is 3. The number of aromatic nitrogens is 2. The van der Waals surface area contributed by atoms with E-state index in [-0.39, 0.29) is 30.8 Å². The summed E-state index contributed by atoms with van der Waals surface area (Å²) in [6.45, 7) is 2.14. The first kappa shape index (κ1) is 22.6. The third-order valence-corrected chi connectivity index (χ3v) is 6.46. The number of methoxy groups -OCH3 is 1. The van der Waals surface area contributed by atoms with Crippen LogP contribution < -0.4 is 10.1 Å². The molecule has 0 spiro atoms. The predicted octanol–water partition coefficient (Wildman–Crippen LogP) is 1.71. The van der Waals surface area contributed by atoms with E-state index in [1.165, 1.54) is 4.90 Å². The van der Waals surface area contributed by atoms with E-state index in [2.05, 4.69) is 5.32 Å². The first-order valence-electron chi connectivity index (χ1n) is 11.7. The quantitative estimate of drug-likeness (QED) is 0.609. The molecule has 0 atom stereocenters. The van der Waals surface area contributed by atoms with Crippen molar-refractivity contribution in [3.8, 4) is 5.75 Å². The molecule has 3 amide bonds. The fourth-order valence-corrected chi connectivity index (χ4v) is 4.68. The van der Waals surface area contributed by atoms with Gasteiger partial charge in [0.15, 0.2) is 5.69 Å². The van der Waals surface area contributed by atoms with E-state index in [1.54, 1.807) is 30.2 Å². The minimum Gasteiger partial charge on any atom is -0.496 e. The summed E-state index contributed by atoms with van der Waals surface area (Å²) >= 11 is 0. The third kappa shape index (κ3) is 4.49. The fourth-order valence-electron chi connectivity index (χ4n) is 4.68. The van der Waals surface area contributed by atoms with Crippen LogP contribution in [-0.4, -0.2) is 70.6 Å². The number of amides is 3. The minimum absolute atomic E-state index is 0.00299. The van der Waals surface area contributed by atoms with Crippen molar-refractivity contribution in [3.05, 3.63) is 82.7 Å². The second-order valence-corrected chi connectivity index (χ2v) is 8.67. The number of hydrogen-bond donors (Lipinski definition) is 1. The number of piperazine rings is 1. The molecule has 3 heterocycles. The fraction of sp³-hybridized carbons (Fsp3) is 0.308. The Morgan fingerprint density at radius 1 is 0.971 bits per heavy atom. The molecule has 1 fully saturated rings. The number of carbonyl (C=O) groups is 3. The lowest BCUT2D eigenvalue weighted by atomic mass is 10.0. The zero-order valence-corrected chi connectivity index (χ0v) is 19.6. The van der Waals surface area contributed by atoms with E-state index in [0.717, 1.165) is 16.8 Å². The molecule has 0 unspecified atom stereocenters. The molecular weight excluding hydrogens is 446 g/mol. The van der Waals surface area contributed by atoms with E-state index in [4.69, 9.17) is 9.84 Å². The van der Waals surface area contributed by atoms with Crippen molar-refractivity contribution in [1.29, 1.82) is 0 Å². The molecular formula is C26H27N5O4. The van der Waals surface area contributed by atoms with Crippen LogP contribution in [0.3, 0.4) is 0 Å². The second kappa shape index (κ2) is 9.61. The Morgan fingerprint density at radius 3 is 2.49 bits per heavy atom. The summed E-state index contributed by atoms with van der Waals surface area (Å²) in [4.78, 5) is 42.0. The van der Waals surface area contributed by atoms with Crippen molar-refractivity contribution in [1.82, 2.24) is 24.9 Å². The largest absolute Gasteiger partial charge is 0.496 e. The molecule has 1 N–H and O–H groups in total. The predicted molar refractivity (Wildman–Crippen MR) is 128 cm³/mol. The monoisotopic (exact) mass is 473 g/mol. The van der Waals surface area contributed by atoms with Gasteiger partial charge in [-0.05, 0) is 17.7 Å². The molecule has 3 aromatic rings. The average Bonchev–Trinajstić information content (AvgIpc) is 3.25. The molecule has 2 aromatic carbocycles. The van der Waals surface area contributed by atoms with Gasteiger partial charge in [-0.15, -0.1) is 0 Å². The van der Waals surface area contributed by atoms with Gasteiger partial charge in [0.25, 0.3) is 11.8 Å². The smallest absolute Gasteiger partial charge is 0.275 e. The highest BCUT2D eigenvalue weighted by atomic mass is 16.5. The number of rotatable bonds is 5. The molecule has 1 saturated heterocycles. The van der Waals surface area contributed by atoms with Gasteiger partial charge in [0.05, 0.1) is 32.3 Å². The molecule has 180 valence electrons. The summed E-state index contributed by atoms with van der Waals surface area (Å²) in [5.41, 5.74) is 3.55. The first-order chi connectivity index (χ1) is 17.0. The number of ether oxygens (including phenoxy) is 1. The van der Waals surface area contributed by atoms with Crippen molar-refractivity contribution >= 4 is 17.7 Å². The van der Waals surface area contributed by atoms with Crippen molar-refractivity contribution in [3.63, 3.8) is 0 Å². The Balaban J connectivity index is 1.49. The minimum atomic E-state index is -0.283. The van der Waals surface area contributed by atoms with Crippen LogP contribution in [0.5, 0.6) is 5.75 Å². The van der Waals surface area contributed by atoms with Crippen LogP contribution in [0.1, 0.15) is 37.7 Å². The lowest BCUT2D eigenvalue weighted by Crippen LogP contribution is -2.50. The zero-order valence-electron chi connectivity index (χ0n) is 19.6. The Kier molecular flexibility index (Phi) is 6.22. The first-order valence-corrected chi connectivity index (χ1v) is 11.7. The van der Waals surface area contributed by atoms with Gasteiger partial charge in [0, 0.05) is 37.3 Å². The van der Waals surface area contributed by atoms with E-state index in [9.17, 15) is 14.4 Å². The van der Waals surface area contributed by atoms with Crippen molar-refractivity contribution < 1.29 is 19.1 Å². The van der Waals surface area contributed by atoms with Crippen LogP contribution in [0.2, 0.25) is 0 Å². The topological polar surface area (TPSA) is 96.8 Å². The standard InChI is InChI=1S/C26H27N5O4/c1-35-22-10-6-5-9-19(22)25(33)29-13-11-21-20(16-29)24(26(34)30-14-12-27-23(32)17-30)28-31(21)15-18-7-3-2-4-8-18/h2-10H,11-17H2,1H3,(H,27,32). The molecule has 0 aliphatic carbocycles. The molecule has 0 saturated carbocycles. The molecule has 0 bridgehead atoms. The lowest BCUT2D eigenvalue weighted by molar-refractivity contribution is -0.123. The lowest BCUT2D eigenvalue weighted by Gasteiger charge is -2.29. The van der Waals surface area contributed by atoms with Crippen LogP contribution >= 0.6 is 0 Å². The number of nitrogens with zero attached hydrogens (tertiary/aromatic N) is 4. The maximum Gasteiger partial charge on any atom is 0.275 e. The summed E-state index contributed by atoms with van der Waals surface area (Å²) < 4.78 is 7.25. The average molecular weight is 474 g/mol. The molecule has 35 heavy (non-hydrogen) atoms.